The largest absolute Gasteiger partial charge is 0.463 e. The first-order valence-corrected chi connectivity index (χ1v) is 17.9. The molecule has 246 valence electrons. The van der Waals surface area contributed by atoms with Gasteiger partial charge in [-0.1, -0.05) is 173 Å². The standard InChI is InChI=1S/C37H68O5/c1-3-5-7-9-11-13-15-17-18-20-22-24-26-28-30-32-37(40)42-34-35(38)33-41-36(39)31-29-27-25-23-21-19-16-14-12-10-8-6-4-2/h26,28,30,32,35,38H,3-25,27,29,31,33-34H2,1-2H3. The molecule has 0 saturated heterocycles. The highest BCUT2D eigenvalue weighted by atomic mass is 16.6. The van der Waals surface area contributed by atoms with Crippen LogP contribution in [-0.4, -0.2) is 36.4 Å². The summed E-state index contributed by atoms with van der Waals surface area (Å²) in [6.45, 7) is 4.19. The van der Waals surface area contributed by atoms with Crippen molar-refractivity contribution >= 4 is 11.9 Å². The van der Waals surface area contributed by atoms with Crippen LogP contribution in [0.15, 0.2) is 24.3 Å². The number of rotatable bonds is 32. The van der Waals surface area contributed by atoms with Crippen molar-refractivity contribution in [3.8, 4) is 0 Å². The number of unbranched alkanes of at least 4 members (excludes halogenated alkanes) is 23. The third kappa shape index (κ3) is 32.9. The van der Waals surface area contributed by atoms with Crippen LogP contribution in [0.3, 0.4) is 0 Å². The second-order valence-corrected chi connectivity index (χ2v) is 12.1. The summed E-state index contributed by atoms with van der Waals surface area (Å²) in [7, 11) is 0. The van der Waals surface area contributed by atoms with Gasteiger partial charge < -0.3 is 14.6 Å². The molecule has 1 atom stereocenters. The molecule has 0 fully saturated rings. The number of hydrogen-bond acceptors (Lipinski definition) is 5. The number of hydrogen-bond donors (Lipinski definition) is 1. The minimum Gasteiger partial charge on any atom is -0.463 e. The number of ether oxygens (including phenoxy) is 2. The van der Waals surface area contributed by atoms with E-state index in [-0.39, 0.29) is 19.2 Å². The number of aliphatic hydroxyl groups is 1. The molecule has 1 unspecified atom stereocenters. The van der Waals surface area contributed by atoms with Gasteiger partial charge in [0, 0.05) is 12.5 Å². The van der Waals surface area contributed by atoms with Crippen molar-refractivity contribution in [3.63, 3.8) is 0 Å². The molecule has 42 heavy (non-hydrogen) atoms. The Labute approximate surface area is 260 Å². The summed E-state index contributed by atoms with van der Waals surface area (Å²) < 4.78 is 10.2. The number of aliphatic hydroxyl groups excluding tert-OH is 1. The van der Waals surface area contributed by atoms with Crippen LogP contribution in [-0.2, 0) is 19.1 Å². The predicted octanol–water partition coefficient (Wildman–Crippen LogP) is 10.7. The Hall–Kier alpha value is -1.62. The van der Waals surface area contributed by atoms with E-state index in [0.717, 1.165) is 25.7 Å². The molecule has 0 amide bonds. The predicted molar refractivity (Wildman–Crippen MR) is 178 cm³/mol. The zero-order valence-corrected chi connectivity index (χ0v) is 27.8. The molecule has 0 aromatic carbocycles. The average molecular weight is 593 g/mol. The highest BCUT2D eigenvalue weighted by Crippen LogP contribution is 2.14. The topological polar surface area (TPSA) is 72.8 Å². The molecule has 5 nitrogen and oxygen atoms in total. The fourth-order valence-corrected chi connectivity index (χ4v) is 5.06. The van der Waals surface area contributed by atoms with Gasteiger partial charge in [0.25, 0.3) is 0 Å². The van der Waals surface area contributed by atoms with Crippen molar-refractivity contribution in [2.75, 3.05) is 13.2 Å². The van der Waals surface area contributed by atoms with Crippen LogP contribution in [0.25, 0.3) is 0 Å². The van der Waals surface area contributed by atoms with Gasteiger partial charge in [-0.2, -0.15) is 0 Å². The summed E-state index contributed by atoms with van der Waals surface area (Å²) in [6.07, 6.45) is 38.5. The quantitative estimate of drug-likeness (QED) is 0.0364. The van der Waals surface area contributed by atoms with E-state index in [1.807, 2.05) is 6.08 Å². The van der Waals surface area contributed by atoms with Crippen LogP contribution in [0.2, 0.25) is 0 Å². The fraction of sp³-hybridized carbons (Fsp3) is 0.838. The molecule has 0 rings (SSSR count). The van der Waals surface area contributed by atoms with E-state index in [0.29, 0.717) is 6.42 Å². The van der Waals surface area contributed by atoms with Crippen molar-refractivity contribution in [1.82, 2.24) is 0 Å². The Morgan fingerprint density at radius 1 is 0.548 bits per heavy atom. The highest BCUT2D eigenvalue weighted by Gasteiger charge is 2.11. The van der Waals surface area contributed by atoms with E-state index in [4.69, 9.17) is 9.47 Å². The maximum Gasteiger partial charge on any atom is 0.330 e. The van der Waals surface area contributed by atoms with Gasteiger partial charge in [-0.05, 0) is 19.3 Å². The summed E-state index contributed by atoms with van der Waals surface area (Å²) in [6, 6.07) is 0. The van der Waals surface area contributed by atoms with E-state index < -0.39 is 12.1 Å². The first kappa shape index (κ1) is 40.4. The van der Waals surface area contributed by atoms with Crippen molar-refractivity contribution in [2.45, 2.75) is 187 Å². The highest BCUT2D eigenvalue weighted by molar-refractivity contribution is 5.82. The van der Waals surface area contributed by atoms with Crippen LogP contribution < -0.4 is 0 Å². The smallest absolute Gasteiger partial charge is 0.330 e. The molecule has 5 heteroatoms. The average Bonchev–Trinajstić information content (AvgIpc) is 2.99. The number of allylic oxidation sites excluding steroid dienone is 3. The first-order chi connectivity index (χ1) is 20.6. The van der Waals surface area contributed by atoms with Gasteiger partial charge in [-0.3, -0.25) is 4.79 Å². The number of carbonyl (C=O) groups excluding carboxylic acids is 2. The van der Waals surface area contributed by atoms with Gasteiger partial charge in [0.1, 0.15) is 19.3 Å². The molecule has 0 spiro atoms. The lowest BCUT2D eigenvalue weighted by molar-refractivity contribution is -0.150. The van der Waals surface area contributed by atoms with E-state index in [1.54, 1.807) is 6.08 Å². The van der Waals surface area contributed by atoms with Crippen molar-refractivity contribution < 1.29 is 24.2 Å². The van der Waals surface area contributed by atoms with Gasteiger partial charge in [0.15, 0.2) is 0 Å². The molecule has 0 aromatic heterocycles. The monoisotopic (exact) mass is 593 g/mol. The first-order valence-electron chi connectivity index (χ1n) is 17.9. The summed E-state index contributed by atoms with van der Waals surface area (Å²) in [5.74, 6) is -0.807. The van der Waals surface area contributed by atoms with E-state index in [9.17, 15) is 14.7 Å². The van der Waals surface area contributed by atoms with Crippen molar-refractivity contribution in [2.24, 2.45) is 0 Å². The third-order valence-corrected chi connectivity index (χ3v) is 7.79. The van der Waals surface area contributed by atoms with Gasteiger partial charge >= 0.3 is 11.9 Å². The van der Waals surface area contributed by atoms with Gasteiger partial charge in [0.05, 0.1) is 0 Å². The number of carbonyl (C=O) groups is 2. The van der Waals surface area contributed by atoms with Crippen LogP contribution in [0.4, 0.5) is 0 Å². The SMILES string of the molecule is CCCCCCCCCCCCCC=CC=CC(=O)OCC(O)COC(=O)CCCCCCCCCCCCCCC. The zero-order chi connectivity index (χ0) is 30.8. The Balaban J connectivity index is 3.52. The lowest BCUT2D eigenvalue weighted by Crippen LogP contribution is -2.24. The van der Waals surface area contributed by atoms with E-state index in [2.05, 4.69) is 19.9 Å². The molecule has 0 aromatic rings. The van der Waals surface area contributed by atoms with Crippen LogP contribution >= 0.6 is 0 Å². The van der Waals surface area contributed by atoms with Gasteiger partial charge in [-0.15, -0.1) is 0 Å². The molecule has 0 saturated carbocycles. The van der Waals surface area contributed by atoms with Crippen LogP contribution in [0, 0.1) is 0 Å². The molecule has 1 N–H and O–H groups in total. The molecule has 0 aliphatic rings. The lowest BCUT2D eigenvalue weighted by Gasteiger charge is -2.11. The molecule has 0 aliphatic heterocycles. The fourth-order valence-electron chi connectivity index (χ4n) is 5.06. The van der Waals surface area contributed by atoms with Gasteiger partial charge in [0.2, 0.25) is 0 Å². The molecule has 0 bridgehead atoms. The maximum absolute atomic E-state index is 11.9. The second-order valence-electron chi connectivity index (χ2n) is 12.1. The Bertz CT molecular complexity index is 642. The maximum atomic E-state index is 11.9. The van der Waals surface area contributed by atoms with Crippen LogP contribution in [0.1, 0.15) is 181 Å². The lowest BCUT2D eigenvalue weighted by atomic mass is 10.0. The Morgan fingerprint density at radius 3 is 1.43 bits per heavy atom. The Kier molecular flexibility index (Phi) is 32.6. The summed E-state index contributed by atoms with van der Waals surface area (Å²) in [5.41, 5.74) is 0. The molecule has 0 aliphatic carbocycles. The minimum atomic E-state index is -1.01. The summed E-state index contributed by atoms with van der Waals surface area (Å²) in [4.78, 5) is 23.7. The van der Waals surface area contributed by atoms with Crippen molar-refractivity contribution in [1.29, 1.82) is 0 Å². The molecule has 0 radical (unpaired) electrons. The van der Waals surface area contributed by atoms with Gasteiger partial charge in [-0.25, -0.2) is 4.79 Å². The molecular weight excluding hydrogens is 524 g/mol. The third-order valence-electron chi connectivity index (χ3n) is 7.79. The van der Waals surface area contributed by atoms with E-state index in [1.165, 1.54) is 141 Å². The zero-order valence-electron chi connectivity index (χ0n) is 27.8. The van der Waals surface area contributed by atoms with Crippen LogP contribution in [0.5, 0.6) is 0 Å². The molecule has 0 heterocycles. The van der Waals surface area contributed by atoms with E-state index >= 15 is 0 Å². The Morgan fingerprint density at radius 2 is 0.952 bits per heavy atom. The summed E-state index contributed by atoms with van der Waals surface area (Å²) in [5, 5.41) is 9.94. The normalized spacial score (nSPS) is 12.4. The second kappa shape index (κ2) is 33.9. The molecular formula is C37H68O5. The minimum absolute atomic E-state index is 0.146. The van der Waals surface area contributed by atoms with Crippen molar-refractivity contribution in [3.05, 3.63) is 24.3 Å². The number of esters is 2. The summed E-state index contributed by atoms with van der Waals surface area (Å²) >= 11 is 0.